The van der Waals surface area contributed by atoms with Gasteiger partial charge in [-0.3, -0.25) is 4.98 Å². The van der Waals surface area contributed by atoms with Crippen molar-refractivity contribution in [2.75, 3.05) is 18.6 Å². The molecule has 0 saturated heterocycles. The Kier molecular flexibility index (Phi) is 6.45. The minimum Gasteiger partial charge on any atom is -0.396 e. The van der Waals surface area contributed by atoms with E-state index in [2.05, 4.69) is 22.6 Å². The van der Waals surface area contributed by atoms with Crippen molar-refractivity contribution in [2.24, 2.45) is 0 Å². The molecule has 0 saturated carbocycles. The average Bonchev–Trinajstić information content (AvgIpc) is 2.28. The molecule has 90 valence electrons. The van der Waals surface area contributed by atoms with Gasteiger partial charge in [0.2, 0.25) is 0 Å². The number of nitrogens with zero attached hydrogens (tertiary/aromatic N) is 1. The van der Waals surface area contributed by atoms with E-state index in [1.807, 2.05) is 19.2 Å². The molecule has 1 heterocycles. The summed E-state index contributed by atoms with van der Waals surface area (Å²) in [6, 6.07) is 4.42. The third-order valence-electron chi connectivity index (χ3n) is 2.54. The minimum atomic E-state index is 0.240. The summed E-state index contributed by atoms with van der Waals surface area (Å²) in [5, 5.41) is 12.4. The first-order valence-electron chi connectivity index (χ1n) is 5.51. The summed E-state index contributed by atoms with van der Waals surface area (Å²) < 4.78 is 0. The van der Waals surface area contributed by atoms with Crippen LogP contribution in [0.1, 0.15) is 17.7 Å². The largest absolute Gasteiger partial charge is 0.396 e. The van der Waals surface area contributed by atoms with Crippen LogP contribution in [-0.4, -0.2) is 34.7 Å². The quantitative estimate of drug-likeness (QED) is 0.760. The zero-order chi connectivity index (χ0) is 11.8. The Morgan fingerprint density at radius 2 is 2.38 bits per heavy atom. The van der Waals surface area contributed by atoms with Gasteiger partial charge in [-0.25, -0.2) is 0 Å². The van der Waals surface area contributed by atoms with Gasteiger partial charge >= 0.3 is 0 Å². The van der Waals surface area contributed by atoms with Crippen molar-refractivity contribution in [3.63, 3.8) is 0 Å². The number of hydrogen-bond donors (Lipinski definition) is 2. The topological polar surface area (TPSA) is 45.1 Å². The third-order valence-corrected chi connectivity index (χ3v) is 3.28. The van der Waals surface area contributed by atoms with Gasteiger partial charge in [0.25, 0.3) is 0 Å². The van der Waals surface area contributed by atoms with Crippen LogP contribution >= 0.6 is 11.8 Å². The molecule has 0 amide bonds. The molecule has 3 nitrogen and oxygen atoms in total. The molecule has 0 aliphatic rings. The maximum atomic E-state index is 8.95. The van der Waals surface area contributed by atoms with Crippen molar-refractivity contribution in [1.82, 2.24) is 10.3 Å². The second-order valence-electron chi connectivity index (χ2n) is 3.79. The van der Waals surface area contributed by atoms with E-state index in [4.69, 9.17) is 5.11 Å². The molecule has 1 aromatic heterocycles. The lowest BCUT2D eigenvalue weighted by molar-refractivity contribution is 0.269. The molecule has 1 aromatic rings. The molecule has 16 heavy (non-hydrogen) atoms. The van der Waals surface area contributed by atoms with Crippen LogP contribution in [0.5, 0.6) is 0 Å². The number of aliphatic hydroxyl groups is 1. The van der Waals surface area contributed by atoms with Gasteiger partial charge in [0, 0.05) is 36.8 Å². The Morgan fingerprint density at radius 3 is 3.00 bits per heavy atom. The van der Waals surface area contributed by atoms with E-state index in [1.165, 1.54) is 5.56 Å². The minimum absolute atomic E-state index is 0.240. The summed E-state index contributed by atoms with van der Waals surface area (Å²) in [6.07, 6.45) is 4.70. The maximum absolute atomic E-state index is 8.95. The lowest BCUT2D eigenvalue weighted by atomic mass is 10.2. The molecule has 1 unspecified atom stereocenters. The molecule has 4 heteroatoms. The smallest absolute Gasteiger partial charge is 0.0446 e. The molecular weight excluding hydrogens is 220 g/mol. The van der Waals surface area contributed by atoms with E-state index in [9.17, 15) is 0 Å². The van der Waals surface area contributed by atoms with Crippen LogP contribution in [0.4, 0.5) is 0 Å². The van der Waals surface area contributed by atoms with E-state index in [0.717, 1.165) is 24.4 Å². The van der Waals surface area contributed by atoms with Gasteiger partial charge in [-0.1, -0.05) is 6.07 Å². The molecule has 0 aromatic carbocycles. The molecule has 0 spiro atoms. The molecule has 0 aliphatic carbocycles. The highest BCUT2D eigenvalue weighted by Crippen LogP contribution is 2.06. The van der Waals surface area contributed by atoms with E-state index >= 15 is 0 Å². The van der Waals surface area contributed by atoms with Gasteiger partial charge in [-0.2, -0.15) is 11.8 Å². The van der Waals surface area contributed by atoms with Crippen LogP contribution in [0.15, 0.2) is 18.3 Å². The standard InChI is InChI=1S/C12H20N2OS/c1-10-11(4-3-6-13-10)8-14-12(5-7-15)9-16-2/h3-4,6,12,14-15H,5,7-9H2,1-2H3. The summed E-state index contributed by atoms with van der Waals surface area (Å²) in [7, 11) is 0. The highest BCUT2D eigenvalue weighted by atomic mass is 32.2. The Bertz CT molecular complexity index is 301. The number of aryl methyl sites for hydroxylation is 1. The molecule has 0 bridgehead atoms. The number of rotatable bonds is 7. The van der Waals surface area contributed by atoms with Crippen molar-refractivity contribution in [3.8, 4) is 0 Å². The summed E-state index contributed by atoms with van der Waals surface area (Å²) in [5.41, 5.74) is 2.30. The normalized spacial score (nSPS) is 12.7. The van der Waals surface area contributed by atoms with E-state index < -0.39 is 0 Å². The van der Waals surface area contributed by atoms with Crippen LogP contribution < -0.4 is 5.32 Å². The fourth-order valence-corrected chi connectivity index (χ4v) is 2.25. The molecule has 1 rings (SSSR count). The van der Waals surface area contributed by atoms with Crippen molar-refractivity contribution in [3.05, 3.63) is 29.6 Å². The fourth-order valence-electron chi connectivity index (χ4n) is 1.56. The first-order chi connectivity index (χ1) is 7.77. The van der Waals surface area contributed by atoms with Crippen molar-refractivity contribution < 1.29 is 5.11 Å². The average molecular weight is 240 g/mol. The molecule has 0 fully saturated rings. The molecule has 2 N–H and O–H groups in total. The van der Waals surface area contributed by atoms with E-state index in [1.54, 1.807) is 11.8 Å². The molecular formula is C12H20N2OS. The zero-order valence-corrected chi connectivity index (χ0v) is 10.8. The van der Waals surface area contributed by atoms with E-state index in [-0.39, 0.29) is 6.61 Å². The number of aromatic nitrogens is 1. The van der Waals surface area contributed by atoms with Crippen molar-refractivity contribution in [1.29, 1.82) is 0 Å². The fraction of sp³-hybridized carbons (Fsp3) is 0.583. The maximum Gasteiger partial charge on any atom is 0.0446 e. The van der Waals surface area contributed by atoms with Crippen LogP contribution in [0.3, 0.4) is 0 Å². The number of thioether (sulfide) groups is 1. The molecule has 0 aliphatic heterocycles. The highest BCUT2D eigenvalue weighted by molar-refractivity contribution is 7.98. The monoisotopic (exact) mass is 240 g/mol. The molecule has 0 radical (unpaired) electrons. The lowest BCUT2D eigenvalue weighted by Crippen LogP contribution is -2.32. The number of hydrogen-bond acceptors (Lipinski definition) is 4. The summed E-state index contributed by atoms with van der Waals surface area (Å²) in [5.74, 6) is 1.03. The summed E-state index contributed by atoms with van der Waals surface area (Å²) in [6.45, 7) is 3.09. The Balaban J connectivity index is 2.45. The highest BCUT2D eigenvalue weighted by Gasteiger charge is 2.07. The third kappa shape index (κ3) is 4.51. The second-order valence-corrected chi connectivity index (χ2v) is 4.70. The molecule has 1 atom stereocenters. The van der Waals surface area contributed by atoms with Crippen LogP contribution in [0, 0.1) is 6.92 Å². The first kappa shape index (κ1) is 13.5. The van der Waals surface area contributed by atoms with Crippen molar-refractivity contribution >= 4 is 11.8 Å². The number of nitrogens with one attached hydrogen (secondary N) is 1. The van der Waals surface area contributed by atoms with E-state index in [0.29, 0.717) is 6.04 Å². The first-order valence-corrected chi connectivity index (χ1v) is 6.91. The van der Waals surface area contributed by atoms with Gasteiger partial charge in [-0.05, 0) is 31.2 Å². The van der Waals surface area contributed by atoms with Gasteiger partial charge in [0.15, 0.2) is 0 Å². The van der Waals surface area contributed by atoms with Gasteiger partial charge < -0.3 is 10.4 Å². The van der Waals surface area contributed by atoms with Crippen LogP contribution in [-0.2, 0) is 6.54 Å². The van der Waals surface area contributed by atoms with Crippen molar-refractivity contribution in [2.45, 2.75) is 25.9 Å². The van der Waals surface area contributed by atoms with Crippen LogP contribution in [0.2, 0.25) is 0 Å². The Hall–Kier alpha value is -0.580. The van der Waals surface area contributed by atoms with Gasteiger partial charge in [-0.15, -0.1) is 0 Å². The zero-order valence-electron chi connectivity index (χ0n) is 9.94. The second kappa shape index (κ2) is 7.65. The SMILES string of the molecule is CSCC(CCO)NCc1cccnc1C. The van der Waals surface area contributed by atoms with Crippen LogP contribution in [0.25, 0.3) is 0 Å². The predicted octanol–water partition coefficient (Wildman–Crippen LogP) is 1.59. The number of pyridine rings is 1. The Labute approximate surface area is 102 Å². The van der Waals surface area contributed by atoms with Gasteiger partial charge in [0.1, 0.15) is 0 Å². The summed E-state index contributed by atoms with van der Waals surface area (Å²) >= 11 is 1.80. The number of aliphatic hydroxyl groups excluding tert-OH is 1. The Morgan fingerprint density at radius 1 is 1.56 bits per heavy atom. The van der Waals surface area contributed by atoms with Gasteiger partial charge in [0.05, 0.1) is 0 Å². The summed E-state index contributed by atoms with van der Waals surface area (Å²) in [4.78, 5) is 4.25. The predicted molar refractivity (Wildman–Crippen MR) is 69.7 cm³/mol. The lowest BCUT2D eigenvalue weighted by Gasteiger charge is -2.17.